The second-order valence-electron chi connectivity index (χ2n) is 6.13. The molecule has 1 aromatic heterocycles. The largest absolute Gasteiger partial charge is 0.497 e. The molecule has 0 bridgehead atoms. The maximum absolute atomic E-state index is 12.7. The fourth-order valence-corrected chi connectivity index (χ4v) is 3.43. The monoisotopic (exact) mass is 319 g/mol. The van der Waals surface area contributed by atoms with Crippen LogP contribution in [0.2, 0.25) is 0 Å². The average molecular weight is 319 g/mol. The van der Waals surface area contributed by atoms with E-state index < -0.39 is 11.5 Å². The second-order valence-corrected chi connectivity index (χ2v) is 6.13. The molecule has 0 aliphatic carbocycles. The Morgan fingerprint density at radius 3 is 3.13 bits per heavy atom. The van der Waals surface area contributed by atoms with E-state index in [0.29, 0.717) is 31.7 Å². The van der Waals surface area contributed by atoms with E-state index in [9.17, 15) is 14.7 Å². The zero-order valence-corrected chi connectivity index (χ0v) is 13.1. The molecule has 2 N–H and O–H groups in total. The van der Waals surface area contributed by atoms with Crippen molar-refractivity contribution >= 4 is 11.8 Å². The van der Waals surface area contributed by atoms with E-state index in [1.54, 1.807) is 17.0 Å². The molecule has 3 heterocycles. The number of ether oxygens (including phenoxy) is 1. The molecule has 2 atom stereocenters. The number of hydrogen-bond donors (Lipinski definition) is 2. The lowest BCUT2D eigenvalue weighted by molar-refractivity contribution is -0.147. The summed E-state index contributed by atoms with van der Waals surface area (Å²) >= 11 is 0. The molecular formula is C16H21N3O4. The van der Waals surface area contributed by atoms with Crippen LogP contribution in [0.3, 0.4) is 0 Å². The van der Waals surface area contributed by atoms with Gasteiger partial charge in [0.2, 0.25) is 5.91 Å². The fraction of sp³-hybridized carbons (Fsp3) is 0.562. The number of piperidine rings is 2. The summed E-state index contributed by atoms with van der Waals surface area (Å²) in [5.74, 6) is 0.159. The smallest absolute Gasteiger partial charge is 0.272 e. The quantitative estimate of drug-likeness (QED) is 0.812. The van der Waals surface area contributed by atoms with Gasteiger partial charge in [0, 0.05) is 31.9 Å². The Bertz CT molecular complexity index is 621. The summed E-state index contributed by atoms with van der Waals surface area (Å²) in [5, 5.41) is 13.2. The predicted octanol–water partition coefficient (Wildman–Crippen LogP) is 0.193. The maximum Gasteiger partial charge on any atom is 0.272 e. The van der Waals surface area contributed by atoms with Gasteiger partial charge in [-0.2, -0.15) is 0 Å². The summed E-state index contributed by atoms with van der Waals surface area (Å²) in [6.07, 6.45) is 2.60. The maximum atomic E-state index is 12.7. The summed E-state index contributed by atoms with van der Waals surface area (Å²) in [6, 6.07) is 3.26. The topological polar surface area (TPSA) is 91.8 Å². The van der Waals surface area contributed by atoms with E-state index in [2.05, 4.69) is 10.3 Å². The van der Waals surface area contributed by atoms with E-state index in [1.165, 1.54) is 13.3 Å². The Hall–Kier alpha value is -2.15. The molecule has 0 radical (unpaired) electrons. The standard InChI is InChI=1S/C16H21N3O4/c1-23-11-3-7-17-12(9-11)14(21)19-8-4-13(20)16(10-19)5-2-6-18-15(16)22/h3,7,9,13,20H,2,4-6,8,10H2,1H3,(H,18,22)/t13-,16+/m0/s1. The highest BCUT2D eigenvalue weighted by Gasteiger charge is 2.50. The molecule has 124 valence electrons. The number of aliphatic hydroxyl groups excluding tert-OH is 1. The zero-order chi connectivity index (χ0) is 16.4. The van der Waals surface area contributed by atoms with Crippen LogP contribution in [0, 0.1) is 5.41 Å². The number of rotatable bonds is 2. The van der Waals surface area contributed by atoms with Crippen molar-refractivity contribution in [3.63, 3.8) is 0 Å². The number of carbonyl (C=O) groups excluding carboxylic acids is 2. The molecule has 0 aromatic carbocycles. The minimum Gasteiger partial charge on any atom is -0.497 e. The zero-order valence-electron chi connectivity index (χ0n) is 13.1. The average Bonchev–Trinajstić information content (AvgIpc) is 2.59. The first-order chi connectivity index (χ1) is 11.1. The van der Waals surface area contributed by atoms with Crippen molar-refractivity contribution in [2.24, 2.45) is 5.41 Å². The third kappa shape index (κ3) is 2.76. The number of hydrogen-bond acceptors (Lipinski definition) is 5. The molecule has 1 aromatic rings. The lowest BCUT2D eigenvalue weighted by Gasteiger charge is -2.46. The van der Waals surface area contributed by atoms with Gasteiger partial charge in [0.05, 0.1) is 18.6 Å². The van der Waals surface area contributed by atoms with Crippen molar-refractivity contribution in [2.45, 2.75) is 25.4 Å². The van der Waals surface area contributed by atoms with Gasteiger partial charge in [-0.15, -0.1) is 0 Å². The van der Waals surface area contributed by atoms with Crippen molar-refractivity contribution in [1.82, 2.24) is 15.2 Å². The molecule has 0 saturated carbocycles. The molecule has 2 aliphatic rings. The Morgan fingerprint density at radius 1 is 1.57 bits per heavy atom. The summed E-state index contributed by atoms with van der Waals surface area (Å²) in [4.78, 5) is 30.8. The number of carbonyl (C=O) groups is 2. The Labute approximate surface area is 134 Å². The first-order valence-corrected chi connectivity index (χ1v) is 7.82. The van der Waals surface area contributed by atoms with Gasteiger partial charge in [0.15, 0.2) is 0 Å². The second kappa shape index (κ2) is 6.16. The molecule has 2 saturated heterocycles. The van der Waals surface area contributed by atoms with Crippen LogP contribution in [0.4, 0.5) is 0 Å². The van der Waals surface area contributed by atoms with Crippen molar-refractivity contribution in [2.75, 3.05) is 26.7 Å². The first-order valence-electron chi connectivity index (χ1n) is 7.82. The highest BCUT2D eigenvalue weighted by atomic mass is 16.5. The van der Waals surface area contributed by atoms with E-state index in [4.69, 9.17) is 4.74 Å². The normalized spacial score (nSPS) is 27.7. The van der Waals surface area contributed by atoms with Crippen molar-refractivity contribution in [1.29, 1.82) is 0 Å². The summed E-state index contributed by atoms with van der Waals surface area (Å²) < 4.78 is 5.12. The lowest BCUT2D eigenvalue weighted by Crippen LogP contribution is -2.62. The molecule has 23 heavy (non-hydrogen) atoms. The SMILES string of the molecule is COc1ccnc(C(=O)N2CC[C@H](O)[C@@]3(CCCNC3=O)C2)c1. The third-order valence-electron chi connectivity index (χ3n) is 4.79. The van der Waals surface area contributed by atoms with Crippen LogP contribution >= 0.6 is 0 Å². The van der Waals surface area contributed by atoms with Crippen LogP contribution in [0.1, 0.15) is 29.8 Å². The molecule has 1 spiro atoms. The van der Waals surface area contributed by atoms with Gasteiger partial charge >= 0.3 is 0 Å². The van der Waals surface area contributed by atoms with Crippen LogP contribution in [-0.4, -0.2) is 59.7 Å². The van der Waals surface area contributed by atoms with Gasteiger partial charge in [-0.05, 0) is 25.3 Å². The molecular weight excluding hydrogens is 298 g/mol. The lowest BCUT2D eigenvalue weighted by atomic mass is 9.71. The number of likely N-dealkylation sites (tertiary alicyclic amines) is 1. The van der Waals surface area contributed by atoms with Gasteiger partial charge in [-0.25, -0.2) is 0 Å². The summed E-state index contributed by atoms with van der Waals surface area (Å²) in [6.45, 7) is 1.25. The van der Waals surface area contributed by atoms with Gasteiger partial charge in [0.1, 0.15) is 11.4 Å². The van der Waals surface area contributed by atoms with Crippen molar-refractivity contribution in [3.8, 4) is 5.75 Å². The number of pyridine rings is 1. The van der Waals surface area contributed by atoms with E-state index in [0.717, 1.165) is 6.42 Å². The van der Waals surface area contributed by atoms with Gasteiger partial charge in [-0.1, -0.05) is 0 Å². The number of methoxy groups -OCH3 is 1. The van der Waals surface area contributed by atoms with Gasteiger partial charge < -0.3 is 20.1 Å². The number of nitrogens with one attached hydrogen (secondary N) is 1. The molecule has 2 aliphatic heterocycles. The number of amides is 2. The predicted molar refractivity (Wildman–Crippen MR) is 82.0 cm³/mol. The number of aromatic nitrogens is 1. The van der Waals surface area contributed by atoms with Crippen LogP contribution in [0.25, 0.3) is 0 Å². The van der Waals surface area contributed by atoms with Gasteiger partial charge in [-0.3, -0.25) is 14.6 Å². The van der Waals surface area contributed by atoms with E-state index in [1.807, 2.05) is 0 Å². The minimum absolute atomic E-state index is 0.160. The molecule has 3 rings (SSSR count). The molecule has 2 amide bonds. The van der Waals surface area contributed by atoms with Crippen LogP contribution < -0.4 is 10.1 Å². The highest BCUT2D eigenvalue weighted by molar-refractivity contribution is 5.94. The van der Waals surface area contributed by atoms with Crippen molar-refractivity contribution < 1.29 is 19.4 Å². The minimum atomic E-state index is -0.898. The fourth-order valence-electron chi connectivity index (χ4n) is 3.43. The van der Waals surface area contributed by atoms with Crippen LogP contribution in [-0.2, 0) is 4.79 Å². The van der Waals surface area contributed by atoms with E-state index in [-0.39, 0.29) is 24.1 Å². The first kappa shape index (κ1) is 15.7. The van der Waals surface area contributed by atoms with Crippen molar-refractivity contribution in [3.05, 3.63) is 24.0 Å². The highest BCUT2D eigenvalue weighted by Crippen LogP contribution is 2.37. The Balaban J connectivity index is 1.83. The Morgan fingerprint density at radius 2 is 2.39 bits per heavy atom. The number of nitrogens with zero attached hydrogens (tertiary/aromatic N) is 2. The molecule has 0 unspecified atom stereocenters. The van der Waals surface area contributed by atoms with Gasteiger partial charge in [0.25, 0.3) is 5.91 Å². The summed E-state index contributed by atoms with van der Waals surface area (Å²) in [7, 11) is 1.53. The van der Waals surface area contributed by atoms with Crippen LogP contribution in [0.5, 0.6) is 5.75 Å². The number of aliphatic hydroxyl groups is 1. The third-order valence-corrected chi connectivity index (χ3v) is 4.79. The summed E-state index contributed by atoms with van der Waals surface area (Å²) in [5.41, 5.74) is -0.613. The van der Waals surface area contributed by atoms with E-state index >= 15 is 0 Å². The molecule has 7 heteroatoms. The Kier molecular flexibility index (Phi) is 4.21. The molecule has 7 nitrogen and oxygen atoms in total. The van der Waals surface area contributed by atoms with Crippen LogP contribution in [0.15, 0.2) is 18.3 Å². The molecule has 2 fully saturated rings.